The summed E-state index contributed by atoms with van der Waals surface area (Å²) in [6, 6.07) is 5.08. The van der Waals surface area contributed by atoms with Gasteiger partial charge >= 0.3 is 0 Å². The summed E-state index contributed by atoms with van der Waals surface area (Å²) in [5, 5.41) is 12.6. The minimum atomic E-state index is -0.394. The van der Waals surface area contributed by atoms with Gasteiger partial charge in [0, 0.05) is 25.2 Å². The molecular formula is C17H23ClN2O3. The number of nitrogens with zero attached hydrogens (tertiary/aromatic N) is 1. The number of carbonyl (C=O) groups is 2. The SMILES string of the molecule is CC(O)CC(C)CNC(=O)c1cc(N2CCCC2=O)ccc1Cl. The number of aliphatic hydroxyl groups is 1. The fourth-order valence-corrected chi connectivity index (χ4v) is 3.01. The zero-order chi connectivity index (χ0) is 17.0. The van der Waals surface area contributed by atoms with E-state index in [0.717, 1.165) is 6.42 Å². The van der Waals surface area contributed by atoms with Crippen LogP contribution in [0.4, 0.5) is 5.69 Å². The van der Waals surface area contributed by atoms with Crippen LogP contribution in [0.3, 0.4) is 0 Å². The van der Waals surface area contributed by atoms with Crippen LogP contribution in [0.2, 0.25) is 5.02 Å². The predicted molar refractivity (Wildman–Crippen MR) is 90.8 cm³/mol. The van der Waals surface area contributed by atoms with Crippen molar-refractivity contribution in [2.24, 2.45) is 5.92 Å². The monoisotopic (exact) mass is 338 g/mol. The molecule has 1 aliphatic rings. The third-order valence-electron chi connectivity index (χ3n) is 3.93. The van der Waals surface area contributed by atoms with Crippen molar-refractivity contribution in [1.82, 2.24) is 5.32 Å². The zero-order valence-electron chi connectivity index (χ0n) is 13.5. The van der Waals surface area contributed by atoms with Crippen molar-refractivity contribution in [3.05, 3.63) is 28.8 Å². The summed E-state index contributed by atoms with van der Waals surface area (Å²) in [4.78, 5) is 25.9. The van der Waals surface area contributed by atoms with Crippen molar-refractivity contribution in [3.8, 4) is 0 Å². The van der Waals surface area contributed by atoms with Crippen molar-refractivity contribution < 1.29 is 14.7 Å². The van der Waals surface area contributed by atoms with E-state index >= 15 is 0 Å². The van der Waals surface area contributed by atoms with Crippen LogP contribution in [0, 0.1) is 5.92 Å². The summed E-state index contributed by atoms with van der Waals surface area (Å²) >= 11 is 6.13. The molecule has 0 aliphatic carbocycles. The van der Waals surface area contributed by atoms with E-state index in [-0.39, 0.29) is 17.7 Å². The van der Waals surface area contributed by atoms with Crippen LogP contribution in [-0.4, -0.2) is 36.1 Å². The zero-order valence-corrected chi connectivity index (χ0v) is 14.3. The van der Waals surface area contributed by atoms with Gasteiger partial charge in [-0.25, -0.2) is 0 Å². The molecule has 1 heterocycles. The number of amides is 2. The molecule has 2 amide bonds. The molecule has 126 valence electrons. The maximum Gasteiger partial charge on any atom is 0.252 e. The lowest BCUT2D eigenvalue weighted by molar-refractivity contribution is -0.117. The van der Waals surface area contributed by atoms with Gasteiger partial charge in [0.05, 0.1) is 16.7 Å². The second-order valence-electron chi connectivity index (χ2n) is 6.21. The van der Waals surface area contributed by atoms with E-state index in [0.29, 0.717) is 42.2 Å². The summed E-state index contributed by atoms with van der Waals surface area (Å²) in [6.07, 6.45) is 1.60. The first-order chi connectivity index (χ1) is 10.9. The van der Waals surface area contributed by atoms with Crippen LogP contribution in [-0.2, 0) is 4.79 Å². The maximum absolute atomic E-state index is 12.3. The molecule has 23 heavy (non-hydrogen) atoms. The number of aliphatic hydroxyl groups excluding tert-OH is 1. The number of benzene rings is 1. The molecule has 1 aromatic carbocycles. The first-order valence-electron chi connectivity index (χ1n) is 7.94. The van der Waals surface area contributed by atoms with E-state index < -0.39 is 6.10 Å². The Labute approximate surface area is 141 Å². The molecule has 0 spiro atoms. The number of nitrogens with one attached hydrogen (secondary N) is 1. The molecule has 2 unspecified atom stereocenters. The second kappa shape index (κ2) is 7.79. The van der Waals surface area contributed by atoms with Gasteiger partial charge in [-0.3, -0.25) is 9.59 Å². The van der Waals surface area contributed by atoms with Gasteiger partial charge in [0.1, 0.15) is 0 Å². The fourth-order valence-electron chi connectivity index (χ4n) is 2.80. The van der Waals surface area contributed by atoms with Crippen molar-refractivity contribution in [2.75, 3.05) is 18.0 Å². The summed E-state index contributed by atoms with van der Waals surface area (Å²) in [5.74, 6) is -0.0220. The Kier molecular flexibility index (Phi) is 6.02. The lowest BCUT2D eigenvalue weighted by atomic mass is 10.0. The summed E-state index contributed by atoms with van der Waals surface area (Å²) in [6.45, 7) is 4.83. The van der Waals surface area contributed by atoms with E-state index in [1.54, 1.807) is 30.0 Å². The molecule has 1 aromatic rings. The Morgan fingerprint density at radius 3 is 2.78 bits per heavy atom. The van der Waals surface area contributed by atoms with Gasteiger partial charge in [0.15, 0.2) is 0 Å². The van der Waals surface area contributed by atoms with Crippen LogP contribution in [0.5, 0.6) is 0 Å². The summed E-state index contributed by atoms with van der Waals surface area (Å²) in [5.41, 5.74) is 1.08. The highest BCUT2D eigenvalue weighted by Crippen LogP contribution is 2.26. The van der Waals surface area contributed by atoms with E-state index in [1.807, 2.05) is 6.92 Å². The minimum absolute atomic E-state index is 0.0734. The molecule has 1 aliphatic heterocycles. The molecule has 0 saturated carbocycles. The average molecular weight is 339 g/mol. The van der Waals surface area contributed by atoms with Gasteiger partial charge in [-0.15, -0.1) is 0 Å². The van der Waals surface area contributed by atoms with Crippen LogP contribution < -0.4 is 10.2 Å². The maximum atomic E-state index is 12.3. The minimum Gasteiger partial charge on any atom is -0.393 e. The number of halogens is 1. The highest BCUT2D eigenvalue weighted by molar-refractivity contribution is 6.34. The number of carbonyl (C=O) groups excluding carboxylic acids is 2. The Morgan fingerprint density at radius 2 is 2.17 bits per heavy atom. The van der Waals surface area contributed by atoms with E-state index in [1.165, 1.54) is 0 Å². The Morgan fingerprint density at radius 1 is 1.43 bits per heavy atom. The largest absolute Gasteiger partial charge is 0.393 e. The van der Waals surface area contributed by atoms with E-state index in [4.69, 9.17) is 11.6 Å². The number of rotatable bonds is 6. The molecule has 0 bridgehead atoms. The Bertz CT molecular complexity index is 589. The van der Waals surface area contributed by atoms with Gasteiger partial charge in [-0.1, -0.05) is 18.5 Å². The van der Waals surface area contributed by atoms with Gasteiger partial charge in [0.2, 0.25) is 5.91 Å². The highest BCUT2D eigenvalue weighted by atomic mass is 35.5. The number of hydrogen-bond donors (Lipinski definition) is 2. The molecule has 1 saturated heterocycles. The Balaban J connectivity index is 2.06. The third-order valence-corrected chi connectivity index (χ3v) is 4.26. The molecule has 2 atom stereocenters. The molecule has 1 fully saturated rings. The van der Waals surface area contributed by atoms with Crippen LogP contribution in [0.15, 0.2) is 18.2 Å². The van der Waals surface area contributed by atoms with Gasteiger partial charge < -0.3 is 15.3 Å². The highest BCUT2D eigenvalue weighted by Gasteiger charge is 2.23. The fraction of sp³-hybridized carbons (Fsp3) is 0.529. The number of anilines is 1. The molecule has 2 N–H and O–H groups in total. The molecule has 2 rings (SSSR count). The van der Waals surface area contributed by atoms with Crippen molar-refractivity contribution in [2.45, 2.75) is 39.2 Å². The standard InChI is InChI=1S/C17H23ClN2O3/c1-11(8-12(2)21)10-19-17(23)14-9-13(5-6-15(14)18)20-7-3-4-16(20)22/h5-6,9,11-12,21H,3-4,7-8,10H2,1-2H3,(H,19,23). The predicted octanol–water partition coefficient (Wildman–Crippen LogP) is 2.60. The van der Waals surface area contributed by atoms with Crippen LogP contribution >= 0.6 is 11.6 Å². The van der Waals surface area contributed by atoms with E-state index in [9.17, 15) is 14.7 Å². The van der Waals surface area contributed by atoms with Crippen molar-refractivity contribution in [1.29, 1.82) is 0 Å². The van der Waals surface area contributed by atoms with Gasteiger partial charge in [-0.05, 0) is 43.9 Å². The topological polar surface area (TPSA) is 69.6 Å². The molecule has 0 aromatic heterocycles. The van der Waals surface area contributed by atoms with Crippen molar-refractivity contribution >= 4 is 29.1 Å². The molecule has 0 radical (unpaired) electrons. The van der Waals surface area contributed by atoms with Crippen molar-refractivity contribution in [3.63, 3.8) is 0 Å². The second-order valence-corrected chi connectivity index (χ2v) is 6.62. The lowest BCUT2D eigenvalue weighted by Crippen LogP contribution is -2.30. The Hall–Kier alpha value is -1.59. The summed E-state index contributed by atoms with van der Waals surface area (Å²) in [7, 11) is 0. The third kappa shape index (κ3) is 4.69. The van der Waals surface area contributed by atoms with Gasteiger partial charge in [0.25, 0.3) is 5.91 Å². The smallest absolute Gasteiger partial charge is 0.252 e. The summed E-state index contributed by atoms with van der Waals surface area (Å²) < 4.78 is 0. The molecule has 5 nitrogen and oxygen atoms in total. The normalized spacial score (nSPS) is 17.2. The first kappa shape index (κ1) is 17.8. The van der Waals surface area contributed by atoms with Crippen LogP contribution in [0.1, 0.15) is 43.5 Å². The quantitative estimate of drug-likeness (QED) is 0.837. The average Bonchev–Trinajstić information content (AvgIpc) is 2.91. The van der Waals surface area contributed by atoms with Crippen LogP contribution in [0.25, 0.3) is 0 Å². The molecule has 6 heteroatoms. The number of hydrogen-bond acceptors (Lipinski definition) is 3. The lowest BCUT2D eigenvalue weighted by Gasteiger charge is -2.18. The molecular weight excluding hydrogens is 316 g/mol. The van der Waals surface area contributed by atoms with Gasteiger partial charge in [-0.2, -0.15) is 0 Å². The van der Waals surface area contributed by atoms with E-state index in [2.05, 4.69) is 5.32 Å². The first-order valence-corrected chi connectivity index (χ1v) is 8.32.